The number of para-hydroxylation sites is 1. The molecule has 10 heteroatoms. The highest BCUT2D eigenvalue weighted by molar-refractivity contribution is 6.00. The molecule has 0 spiro atoms. The summed E-state index contributed by atoms with van der Waals surface area (Å²) in [5.41, 5.74) is 1.24. The van der Waals surface area contributed by atoms with Crippen molar-refractivity contribution in [2.24, 2.45) is 0 Å². The maximum absolute atomic E-state index is 13.1. The van der Waals surface area contributed by atoms with Crippen LogP contribution in [0.25, 0.3) is 0 Å². The number of hydrogen-bond donors (Lipinski definition) is 2. The van der Waals surface area contributed by atoms with Gasteiger partial charge in [-0.15, -0.1) is 0 Å². The normalized spacial score (nSPS) is 17.3. The lowest BCUT2D eigenvalue weighted by molar-refractivity contribution is -0.140. The lowest BCUT2D eigenvalue weighted by Gasteiger charge is -2.27. The van der Waals surface area contributed by atoms with Gasteiger partial charge < -0.3 is 29.9 Å². The first-order chi connectivity index (χ1) is 17.8. The van der Waals surface area contributed by atoms with Gasteiger partial charge in [-0.3, -0.25) is 19.2 Å². The minimum Gasteiger partial charge on any atom is -0.497 e. The monoisotopic (exact) mass is 510 g/mol. The number of benzene rings is 2. The quantitative estimate of drug-likeness (QED) is 0.604. The molecule has 0 aliphatic carbocycles. The summed E-state index contributed by atoms with van der Waals surface area (Å²) in [6.45, 7) is 2.96. The van der Waals surface area contributed by atoms with Crippen molar-refractivity contribution in [3.05, 3.63) is 59.7 Å². The summed E-state index contributed by atoms with van der Waals surface area (Å²) >= 11 is 0. The Morgan fingerprint density at radius 2 is 1.84 bits per heavy atom. The lowest BCUT2D eigenvalue weighted by atomic mass is 10.1. The Bertz CT molecular complexity index is 1100. The number of ether oxygens (including phenoxy) is 2. The van der Waals surface area contributed by atoms with Gasteiger partial charge in [-0.25, -0.2) is 0 Å². The highest BCUT2D eigenvalue weighted by atomic mass is 16.5. The van der Waals surface area contributed by atoms with E-state index in [0.29, 0.717) is 31.8 Å². The molecule has 0 unspecified atom stereocenters. The Morgan fingerprint density at radius 1 is 1.11 bits per heavy atom. The van der Waals surface area contributed by atoms with E-state index in [2.05, 4.69) is 10.6 Å². The number of carbonyl (C=O) groups excluding carboxylic acids is 4. The first-order valence-corrected chi connectivity index (χ1v) is 12.3. The van der Waals surface area contributed by atoms with Crippen molar-refractivity contribution in [3.8, 4) is 11.5 Å². The third-order valence-electron chi connectivity index (χ3n) is 6.16. The van der Waals surface area contributed by atoms with Crippen molar-refractivity contribution in [1.82, 2.24) is 20.4 Å². The van der Waals surface area contributed by atoms with Gasteiger partial charge in [-0.1, -0.05) is 24.3 Å². The second-order valence-corrected chi connectivity index (χ2v) is 8.69. The molecule has 2 aromatic rings. The molecule has 0 radical (unpaired) electrons. The highest BCUT2D eigenvalue weighted by Crippen LogP contribution is 2.19. The van der Waals surface area contributed by atoms with Crippen LogP contribution >= 0.6 is 0 Å². The third kappa shape index (κ3) is 7.70. The molecule has 198 valence electrons. The Kier molecular flexibility index (Phi) is 9.88. The molecular weight excluding hydrogens is 476 g/mol. The fourth-order valence-corrected chi connectivity index (χ4v) is 3.92. The van der Waals surface area contributed by atoms with Gasteiger partial charge in [-0.05, 0) is 43.2 Å². The molecule has 37 heavy (non-hydrogen) atoms. The van der Waals surface area contributed by atoms with E-state index in [4.69, 9.17) is 9.47 Å². The molecule has 0 aromatic heterocycles. The van der Waals surface area contributed by atoms with Crippen LogP contribution in [0.2, 0.25) is 0 Å². The zero-order valence-corrected chi connectivity index (χ0v) is 21.5. The van der Waals surface area contributed by atoms with Crippen molar-refractivity contribution >= 4 is 23.6 Å². The number of hydrogen-bond acceptors (Lipinski definition) is 6. The molecule has 1 heterocycles. The van der Waals surface area contributed by atoms with E-state index in [9.17, 15) is 19.2 Å². The van der Waals surface area contributed by atoms with E-state index in [1.165, 1.54) is 11.9 Å². The van der Waals surface area contributed by atoms with Gasteiger partial charge in [0.15, 0.2) is 0 Å². The smallest absolute Gasteiger partial charge is 0.255 e. The van der Waals surface area contributed by atoms with Crippen LogP contribution in [0.3, 0.4) is 0 Å². The van der Waals surface area contributed by atoms with E-state index >= 15 is 0 Å². The van der Waals surface area contributed by atoms with Crippen LogP contribution in [0.4, 0.5) is 0 Å². The van der Waals surface area contributed by atoms with Crippen molar-refractivity contribution in [2.75, 3.05) is 46.9 Å². The van der Waals surface area contributed by atoms with Crippen LogP contribution in [-0.2, 0) is 20.8 Å². The van der Waals surface area contributed by atoms with Gasteiger partial charge in [0, 0.05) is 20.1 Å². The van der Waals surface area contributed by atoms with Crippen LogP contribution < -0.4 is 20.1 Å². The highest BCUT2D eigenvalue weighted by Gasteiger charge is 2.28. The topological polar surface area (TPSA) is 117 Å². The predicted octanol–water partition coefficient (Wildman–Crippen LogP) is 1.24. The number of methoxy groups -OCH3 is 1. The Morgan fingerprint density at radius 3 is 2.54 bits per heavy atom. The van der Waals surface area contributed by atoms with Crippen LogP contribution in [0.1, 0.15) is 29.3 Å². The zero-order chi connectivity index (χ0) is 26.8. The Labute approximate surface area is 216 Å². The van der Waals surface area contributed by atoms with E-state index in [1.807, 2.05) is 31.2 Å². The largest absolute Gasteiger partial charge is 0.497 e. The molecule has 1 atom stereocenters. The van der Waals surface area contributed by atoms with E-state index in [1.54, 1.807) is 36.3 Å². The Hall–Kier alpha value is -4.08. The zero-order valence-electron chi connectivity index (χ0n) is 21.5. The van der Waals surface area contributed by atoms with Crippen LogP contribution in [0.15, 0.2) is 48.5 Å². The van der Waals surface area contributed by atoms with Crippen molar-refractivity contribution in [2.45, 2.75) is 25.8 Å². The first kappa shape index (κ1) is 27.5. The summed E-state index contributed by atoms with van der Waals surface area (Å²) in [5.74, 6) is -0.596. The molecule has 0 bridgehead atoms. The average Bonchev–Trinajstić information content (AvgIpc) is 2.90. The minimum atomic E-state index is -1.13. The molecule has 1 aliphatic heterocycles. The second kappa shape index (κ2) is 13.3. The van der Waals surface area contributed by atoms with Crippen molar-refractivity contribution in [1.29, 1.82) is 0 Å². The number of fused-ring (bicyclic) bond motifs is 1. The van der Waals surface area contributed by atoms with E-state index < -0.39 is 23.8 Å². The van der Waals surface area contributed by atoms with Gasteiger partial charge in [0.1, 0.15) is 24.1 Å². The lowest BCUT2D eigenvalue weighted by Crippen LogP contribution is -2.50. The van der Waals surface area contributed by atoms with Crippen LogP contribution in [0.5, 0.6) is 11.5 Å². The molecule has 0 fully saturated rings. The fourth-order valence-electron chi connectivity index (χ4n) is 3.92. The summed E-state index contributed by atoms with van der Waals surface area (Å²) in [5, 5.41) is 5.49. The summed E-state index contributed by atoms with van der Waals surface area (Å²) in [6, 6.07) is 13.0. The molecule has 1 aliphatic rings. The fraction of sp³-hybridized carbons (Fsp3) is 0.407. The molecule has 2 aromatic carbocycles. The first-order valence-electron chi connectivity index (χ1n) is 12.3. The molecular formula is C27H34N4O6. The van der Waals surface area contributed by atoms with E-state index in [-0.39, 0.29) is 31.0 Å². The molecule has 3 rings (SSSR count). The Balaban J connectivity index is 1.77. The van der Waals surface area contributed by atoms with Gasteiger partial charge >= 0.3 is 0 Å². The molecule has 0 saturated heterocycles. The summed E-state index contributed by atoms with van der Waals surface area (Å²) < 4.78 is 11.0. The number of rotatable bonds is 6. The van der Waals surface area contributed by atoms with Gasteiger partial charge in [0.05, 0.1) is 32.2 Å². The SMILES string of the molecule is CCN1CCOc2ccccc2C(=O)N[C@H](C(=O)NCCc2ccc(OC)cc2)CC(=O)N(C)CC1=O. The standard InChI is InChI=1S/C27H34N4O6/c1-4-31-15-16-37-23-8-6-5-7-21(23)26(34)29-22(17-24(32)30(2)18-25(31)33)27(35)28-14-13-19-9-11-20(36-3)12-10-19/h5-12,22H,4,13-18H2,1-3H3,(H,28,35)(H,29,34)/t22-/m0/s1. The van der Waals surface area contributed by atoms with Crippen LogP contribution in [-0.4, -0.2) is 86.4 Å². The maximum Gasteiger partial charge on any atom is 0.255 e. The van der Waals surface area contributed by atoms with E-state index in [0.717, 1.165) is 11.3 Å². The second-order valence-electron chi connectivity index (χ2n) is 8.69. The van der Waals surface area contributed by atoms with Crippen LogP contribution in [0, 0.1) is 0 Å². The number of carbonyl (C=O) groups is 4. The summed E-state index contributed by atoms with van der Waals surface area (Å²) in [6.07, 6.45) is 0.265. The number of amides is 4. The van der Waals surface area contributed by atoms with Gasteiger partial charge in [0.2, 0.25) is 17.7 Å². The summed E-state index contributed by atoms with van der Waals surface area (Å²) in [7, 11) is 3.10. The molecule has 4 amide bonds. The number of nitrogens with zero attached hydrogens (tertiary/aromatic N) is 2. The van der Waals surface area contributed by atoms with Gasteiger partial charge in [-0.2, -0.15) is 0 Å². The molecule has 0 saturated carbocycles. The third-order valence-corrected chi connectivity index (χ3v) is 6.16. The van der Waals surface area contributed by atoms with Crippen molar-refractivity contribution in [3.63, 3.8) is 0 Å². The van der Waals surface area contributed by atoms with Gasteiger partial charge in [0.25, 0.3) is 5.91 Å². The molecule has 2 N–H and O–H groups in total. The predicted molar refractivity (Wildman–Crippen MR) is 137 cm³/mol. The molecule has 10 nitrogen and oxygen atoms in total. The number of likely N-dealkylation sites (N-methyl/N-ethyl adjacent to an activating group) is 2. The number of nitrogens with one attached hydrogen (secondary N) is 2. The average molecular weight is 511 g/mol. The van der Waals surface area contributed by atoms with Crippen molar-refractivity contribution < 1.29 is 28.7 Å². The minimum absolute atomic E-state index is 0.136. The summed E-state index contributed by atoms with van der Waals surface area (Å²) in [4.78, 5) is 54.7. The maximum atomic E-state index is 13.1.